The third kappa shape index (κ3) is 3.53. The minimum Gasteiger partial charge on any atom is -0.361 e. The van der Waals surface area contributed by atoms with Gasteiger partial charge in [-0.1, -0.05) is 18.2 Å². The first-order valence-electron chi connectivity index (χ1n) is 8.14. The number of H-pyrrole nitrogens is 1. The van der Waals surface area contributed by atoms with Crippen molar-refractivity contribution in [3.63, 3.8) is 0 Å². The molecule has 0 bridgehead atoms. The summed E-state index contributed by atoms with van der Waals surface area (Å²) in [5.41, 5.74) is 2.49. The van der Waals surface area contributed by atoms with Crippen molar-refractivity contribution in [2.24, 2.45) is 0 Å². The SMILES string of the molecule is COP1(=O)CCCC([N+](C)(C)CCc2c[nH]c3ccccc23)O1. The first kappa shape index (κ1) is 16.7. The van der Waals surface area contributed by atoms with Crippen molar-refractivity contribution >= 4 is 18.5 Å². The van der Waals surface area contributed by atoms with Gasteiger partial charge in [-0.3, -0.25) is 9.09 Å². The quantitative estimate of drug-likeness (QED) is 0.667. The summed E-state index contributed by atoms with van der Waals surface area (Å²) in [6.45, 7) is 0.927. The molecule has 1 aromatic carbocycles. The van der Waals surface area contributed by atoms with Crippen LogP contribution in [0, 0.1) is 0 Å². The van der Waals surface area contributed by atoms with Gasteiger partial charge in [0.2, 0.25) is 6.23 Å². The maximum atomic E-state index is 12.4. The van der Waals surface area contributed by atoms with E-state index in [1.54, 1.807) is 0 Å². The lowest BCUT2D eigenvalue weighted by Crippen LogP contribution is -2.52. The van der Waals surface area contributed by atoms with Gasteiger partial charge in [-0.05, 0) is 18.1 Å². The number of aromatic amines is 1. The van der Waals surface area contributed by atoms with E-state index in [2.05, 4.69) is 43.5 Å². The Bertz CT molecular complexity index is 725. The molecular weight excluding hydrogens is 311 g/mol. The van der Waals surface area contributed by atoms with Crippen LogP contribution in [0.25, 0.3) is 10.9 Å². The Hall–Kier alpha value is -1.13. The Balaban J connectivity index is 1.70. The molecule has 1 saturated heterocycles. The van der Waals surface area contributed by atoms with Gasteiger partial charge in [0.15, 0.2) is 0 Å². The third-order valence-electron chi connectivity index (χ3n) is 4.86. The summed E-state index contributed by atoms with van der Waals surface area (Å²) in [4.78, 5) is 3.32. The fraction of sp³-hybridized carbons (Fsp3) is 0.529. The molecule has 0 saturated carbocycles. The first-order chi connectivity index (χ1) is 10.9. The van der Waals surface area contributed by atoms with Crippen molar-refractivity contribution in [2.45, 2.75) is 25.5 Å². The maximum Gasteiger partial charge on any atom is 0.335 e. The van der Waals surface area contributed by atoms with Crippen molar-refractivity contribution in [2.75, 3.05) is 33.9 Å². The van der Waals surface area contributed by atoms with E-state index in [4.69, 9.17) is 9.05 Å². The van der Waals surface area contributed by atoms with Gasteiger partial charge in [-0.15, -0.1) is 0 Å². The molecule has 0 spiro atoms. The second-order valence-electron chi connectivity index (χ2n) is 6.83. The van der Waals surface area contributed by atoms with Crippen LogP contribution >= 0.6 is 7.60 Å². The molecule has 2 atom stereocenters. The van der Waals surface area contributed by atoms with Gasteiger partial charge in [0.1, 0.15) is 0 Å². The van der Waals surface area contributed by atoms with Crippen LogP contribution in [0.4, 0.5) is 0 Å². The second kappa shape index (κ2) is 6.40. The minimum absolute atomic E-state index is 0.0697. The molecule has 3 rings (SSSR count). The predicted molar refractivity (Wildman–Crippen MR) is 92.6 cm³/mol. The van der Waals surface area contributed by atoms with Gasteiger partial charge in [-0.2, -0.15) is 0 Å². The molecule has 23 heavy (non-hydrogen) atoms. The largest absolute Gasteiger partial charge is 0.361 e. The number of quaternary nitrogens is 1. The lowest BCUT2D eigenvalue weighted by molar-refractivity contribution is -0.934. The highest BCUT2D eigenvalue weighted by Crippen LogP contribution is 2.53. The monoisotopic (exact) mass is 337 g/mol. The van der Waals surface area contributed by atoms with E-state index >= 15 is 0 Å². The Morgan fingerprint density at radius 3 is 2.96 bits per heavy atom. The molecule has 2 aromatic rings. The topological polar surface area (TPSA) is 51.3 Å². The fourth-order valence-corrected chi connectivity index (χ4v) is 4.93. The first-order valence-corrected chi connectivity index (χ1v) is 9.87. The number of likely N-dealkylation sites (N-methyl/N-ethyl adjacent to an activating group) is 1. The number of nitrogens with one attached hydrogen (secondary N) is 1. The standard InChI is InChI=1S/C17H26N2O3P/c1-19(2,17-9-6-12-23(20,21-3)22-17)11-10-14-13-18-16-8-5-4-7-15(14)16/h4-5,7-8,13,17-18H,6,9-12H2,1-3H3/q+1. The molecule has 126 valence electrons. The highest BCUT2D eigenvalue weighted by molar-refractivity contribution is 7.53. The van der Waals surface area contributed by atoms with Gasteiger partial charge in [0.25, 0.3) is 0 Å². The molecule has 1 fully saturated rings. The number of hydrogen-bond donors (Lipinski definition) is 1. The fourth-order valence-electron chi connectivity index (χ4n) is 3.25. The number of hydrogen-bond acceptors (Lipinski definition) is 3. The van der Waals surface area contributed by atoms with Gasteiger partial charge in [-0.25, -0.2) is 0 Å². The molecule has 0 aliphatic carbocycles. The zero-order chi connectivity index (χ0) is 16.5. The van der Waals surface area contributed by atoms with Crippen molar-refractivity contribution in [1.82, 2.24) is 4.98 Å². The summed E-state index contributed by atoms with van der Waals surface area (Å²) in [7, 11) is 2.88. The Kier molecular flexibility index (Phi) is 4.65. The summed E-state index contributed by atoms with van der Waals surface area (Å²) >= 11 is 0. The summed E-state index contributed by atoms with van der Waals surface area (Å²) in [6, 6.07) is 8.36. The van der Waals surface area contributed by atoms with Crippen LogP contribution in [0.5, 0.6) is 0 Å². The van der Waals surface area contributed by atoms with E-state index in [9.17, 15) is 4.57 Å². The maximum absolute atomic E-state index is 12.4. The van der Waals surface area contributed by atoms with Crippen molar-refractivity contribution in [3.05, 3.63) is 36.0 Å². The summed E-state index contributed by atoms with van der Waals surface area (Å²) in [5.74, 6) is 0. The van der Waals surface area contributed by atoms with E-state index in [1.165, 1.54) is 23.6 Å². The average molecular weight is 337 g/mol. The lowest BCUT2D eigenvalue weighted by atomic mass is 10.1. The molecular formula is C17H26N2O3P+. The van der Waals surface area contributed by atoms with Crippen molar-refractivity contribution < 1.29 is 18.1 Å². The normalized spacial score (nSPS) is 25.8. The lowest BCUT2D eigenvalue weighted by Gasteiger charge is -2.41. The highest BCUT2D eigenvalue weighted by Gasteiger charge is 2.40. The van der Waals surface area contributed by atoms with Crippen LogP contribution in [0.2, 0.25) is 0 Å². The average Bonchev–Trinajstić information content (AvgIpc) is 2.96. The Morgan fingerprint density at radius 2 is 2.17 bits per heavy atom. The number of para-hydroxylation sites is 1. The number of rotatable bonds is 5. The smallest absolute Gasteiger partial charge is 0.335 e. The van der Waals surface area contributed by atoms with E-state index < -0.39 is 7.60 Å². The third-order valence-corrected chi connectivity index (χ3v) is 6.84. The number of benzene rings is 1. The second-order valence-corrected chi connectivity index (χ2v) is 9.08. The number of nitrogens with zero attached hydrogens (tertiary/aromatic N) is 1. The van der Waals surface area contributed by atoms with Crippen LogP contribution in [0.1, 0.15) is 18.4 Å². The predicted octanol–water partition coefficient (Wildman–Crippen LogP) is 3.76. The highest BCUT2D eigenvalue weighted by atomic mass is 31.2. The van der Waals surface area contributed by atoms with Crippen LogP contribution in [0.15, 0.2) is 30.5 Å². The summed E-state index contributed by atoms with van der Waals surface area (Å²) in [6.07, 6.45) is 5.32. The molecule has 1 aliphatic heterocycles. The zero-order valence-electron chi connectivity index (χ0n) is 14.1. The molecule has 6 heteroatoms. The van der Waals surface area contributed by atoms with Gasteiger partial charge in [0.05, 0.1) is 26.8 Å². The van der Waals surface area contributed by atoms with Crippen molar-refractivity contribution in [1.29, 1.82) is 0 Å². The Labute approximate surface area is 137 Å². The van der Waals surface area contributed by atoms with Gasteiger partial charge in [0, 0.05) is 37.1 Å². The molecule has 1 N–H and O–H groups in total. The van der Waals surface area contributed by atoms with Crippen LogP contribution in [0.3, 0.4) is 0 Å². The summed E-state index contributed by atoms with van der Waals surface area (Å²) < 4.78 is 24.1. The minimum atomic E-state index is -2.89. The molecule has 0 radical (unpaired) electrons. The van der Waals surface area contributed by atoms with Crippen LogP contribution < -0.4 is 0 Å². The molecule has 1 aliphatic rings. The van der Waals surface area contributed by atoms with Crippen LogP contribution in [-0.4, -0.2) is 49.6 Å². The molecule has 2 unspecified atom stereocenters. The van der Waals surface area contributed by atoms with E-state index in [0.29, 0.717) is 10.6 Å². The molecule has 1 aromatic heterocycles. The van der Waals surface area contributed by atoms with E-state index in [0.717, 1.165) is 25.8 Å². The van der Waals surface area contributed by atoms with Crippen molar-refractivity contribution in [3.8, 4) is 0 Å². The van der Waals surface area contributed by atoms with Gasteiger partial charge >= 0.3 is 7.60 Å². The Morgan fingerprint density at radius 1 is 1.39 bits per heavy atom. The molecule has 2 heterocycles. The van der Waals surface area contributed by atoms with Crippen LogP contribution in [-0.2, 0) is 20.0 Å². The molecule has 5 nitrogen and oxygen atoms in total. The molecule has 0 amide bonds. The number of fused-ring (bicyclic) bond motifs is 1. The van der Waals surface area contributed by atoms with E-state index in [1.807, 2.05) is 6.07 Å². The number of aromatic nitrogens is 1. The van der Waals surface area contributed by atoms with Gasteiger partial charge < -0.3 is 14.0 Å². The van der Waals surface area contributed by atoms with E-state index in [-0.39, 0.29) is 6.23 Å². The zero-order valence-corrected chi connectivity index (χ0v) is 15.0. The summed E-state index contributed by atoms with van der Waals surface area (Å²) in [5, 5.41) is 1.28.